The van der Waals surface area contributed by atoms with Crippen LogP contribution in [0, 0.1) is 6.92 Å². The zero-order chi connectivity index (χ0) is 21.3. The van der Waals surface area contributed by atoms with E-state index in [2.05, 4.69) is 13.0 Å². The van der Waals surface area contributed by atoms with Gasteiger partial charge in [-0.05, 0) is 65.6 Å². The third kappa shape index (κ3) is 5.70. The van der Waals surface area contributed by atoms with Crippen LogP contribution < -0.4 is 9.47 Å². The first-order valence-corrected chi connectivity index (χ1v) is 9.70. The van der Waals surface area contributed by atoms with E-state index in [1.807, 2.05) is 36.4 Å². The summed E-state index contributed by atoms with van der Waals surface area (Å²) in [5, 5.41) is 0. The standard InChI is InChI=1S/C25H24O5/c1-18-22(17-30-24-10-6-20(16-26)7-11-24)4-3-5-25(18)21-8-12-23(13-9-21)29-15-14-28-19(2)27/h3-13,16H,14-15,17H2,1-2H3. The highest BCUT2D eigenvalue weighted by atomic mass is 16.6. The molecule has 0 heterocycles. The zero-order valence-electron chi connectivity index (χ0n) is 17.1. The van der Waals surface area contributed by atoms with E-state index in [9.17, 15) is 9.59 Å². The Bertz CT molecular complexity index is 991. The molecule has 0 unspecified atom stereocenters. The fraction of sp³-hybridized carbons (Fsp3) is 0.200. The Hall–Kier alpha value is -3.60. The van der Waals surface area contributed by atoms with Crippen molar-refractivity contribution in [3.05, 3.63) is 83.4 Å². The van der Waals surface area contributed by atoms with Gasteiger partial charge in [0.05, 0.1) is 0 Å². The van der Waals surface area contributed by atoms with Crippen LogP contribution in [0.3, 0.4) is 0 Å². The molecule has 0 aliphatic heterocycles. The molecular formula is C25H24O5. The van der Waals surface area contributed by atoms with Crippen LogP contribution in [0.25, 0.3) is 11.1 Å². The molecule has 3 rings (SSSR count). The molecule has 0 atom stereocenters. The lowest BCUT2D eigenvalue weighted by molar-refractivity contribution is -0.141. The minimum Gasteiger partial charge on any atom is -0.490 e. The highest BCUT2D eigenvalue weighted by Crippen LogP contribution is 2.28. The lowest BCUT2D eigenvalue weighted by Gasteiger charge is -2.13. The number of ether oxygens (including phenoxy) is 3. The van der Waals surface area contributed by atoms with Gasteiger partial charge in [-0.3, -0.25) is 9.59 Å². The summed E-state index contributed by atoms with van der Waals surface area (Å²) in [5.41, 5.74) is 5.06. The Balaban J connectivity index is 1.64. The number of aldehydes is 1. The molecule has 0 saturated heterocycles. The molecular weight excluding hydrogens is 380 g/mol. The van der Waals surface area contributed by atoms with Crippen molar-refractivity contribution in [2.45, 2.75) is 20.5 Å². The third-order valence-corrected chi connectivity index (χ3v) is 4.68. The lowest BCUT2D eigenvalue weighted by Crippen LogP contribution is -2.09. The number of esters is 1. The maximum absolute atomic E-state index is 10.8. The van der Waals surface area contributed by atoms with Gasteiger partial charge in [-0.15, -0.1) is 0 Å². The van der Waals surface area contributed by atoms with Gasteiger partial charge in [0, 0.05) is 12.5 Å². The van der Waals surface area contributed by atoms with Gasteiger partial charge in [-0.1, -0.05) is 30.3 Å². The van der Waals surface area contributed by atoms with Crippen molar-refractivity contribution in [1.82, 2.24) is 0 Å². The number of hydrogen-bond acceptors (Lipinski definition) is 5. The van der Waals surface area contributed by atoms with Gasteiger partial charge in [0.25, 0.3) is 0 Å². The van der Waals surface area contributed by atoms with Gasteiger partial charge in [-0.25, -0.2) is 0 Å². The van der Waals surface area contributed by atoms with Crippen molar-refractivity contribution in [2.75, 3.05) is 13.2 Å². The Morgan fingerprint density at radius 2 is 1.53 bits per heavy atom. The molecule has 0 fully saturated rings. The Labute approximate surface area is 176 Å². The van der Waals surface area contributed by atoms with Crippen LogP contribution in [0.1, 0.15) is 28.4 Å². The quantitative estimate of drug-likeness (QED) is 0.285. The Morgan fingerprint density at radius 3 is 2.20 bits per heavy atom. The predicted molar refractivity (Wildman–Crippen MR) is 115 cm³/mol. The molecule has 0 aliphatic rings. The second-order valence-corrected chi connectivity index (χ2v) is 6.78. The normalized spacial score (nSPS) is 10.3. The van der Waals surface area contributed by atoms with Crippen molar-refractivity contribution in [3.63, 3.8) is 0 Å². The van der Waals surface area contributed by atoms with Crippen molar-refractivity contribution in [3.8, 4) is 22.6 Å². The molecule has 0 N–H and O–H groups in total. The summed E-state index contributed by atoms with van der Waals surface area (Å²) in [7, 11) is 0. The maximum Gasteiger partial charge on any atom is 0.302 e. The van der Waals surface area contributed by atoms with Crippen molar-refractivity contribution in [2.24, 2.45) is 0 Å². The smallest absolute Gasteiger partial charge is 0.302 e. The number of carbonyl (C=O) groups is 2. The zero-order valence-corrected chi connectivity index (χ0v) is 17.1. The third-order valence-electron chi connectivity index (χ3n) is 4.68. The highest BCUT2D eigenvalue weighted by Gasteiger charge is 2.08. The van der Waals surface area contributed by atoms with Crippen molar-refractivity contribution in [1.29, 1.82) is 0 Å². The monoisotopic (exact) mass is 404 g/mol. The Kier molecular flexibility index (Phi) is 7.22. The van der Waals surface area contributed by atoms with Gasteiger partial charge < -0.3 is 14.2 Å². The molecule has 154 valence electrons. The molecule has 0 bridgehead atoms. The highest BCUT2D eigenvalue weighted by molar-refractivity contribution is 5.74. The van der Waals surface area contributed by atoms with E-state index in [4.69, 9.17) is 14.2 Å². The minimum absolute atomic E-state index is 0.232. The summed E-state index contributed by atoms with van der Waals surface area (Å²) < 4.78 is 16.3. The molecule has 0 aliphatic carbocycles. The lowest BCUT2D eigenvalue weighted by atomic mass is 9.97. The average molecular weight is 404 g/mol. The van der Waals surface area contributed by atoms with E-state index in [1.54, 1.807) is 24.3 Å². The van der Waals surface area contributed by atoms with Gasteiger partial charge >= 0.3 is 5.97 Å². The molecule has 0 spiro atoms. The second-order valence-electron chi connectivity index (χ2n) is 6.78. The average Bonchev–Trinajstić information content (AvgIpc) is 2.77. The van der Waals surface area contributed by atoms with Gasteiger partial charge in [-0.2, -0.15) is 0 Å². The predicted octanol–water partition coefficient (Wildman–Crippen LogP) is 5.00. The first-order valence-electron chi connectivity index (χ1n) is 9.70. The molecule has 0 saturated carbocycles. The van der Waals surface area contributed by atoms with E-state index in [0.717, 1.165) is 40.0 Å². The fourth-order valence-corrected chi connectivity index (χ4v) is 3.03. The van der Waals surface area contributed by atoms with Crippen LogP contribution in [0.15, 0.2) is 66.7 Å². The summed E-state index contributed by atoms with van der Waals surface area (Å²) in [6.07, 6.45) is 0.813. The van der Waals surface area contributed by atoms with Gasteiger partial charge in [0.1, 0.15) is 37.6 Å². The first kappa shape index (κ1) is 21.1. The summed E-state index contributed by atoms with van der Waals surface area (Å²) >= 11 is 0. The molecule has 30 heavy (non-hydrogen) atoms. The van der Waals surface area contributed by atoms with E-state index < -0.39 is 0 Å². The van der Waals surface area contributed by atoms with E-state index >= 15 is 0 Å². The second kappa shape index (κ2) is 10.3. The van der Waals surface area contributed by atoms with Crippen LogP contribution in [0.2, 0.25) is 0 Å². The largest absolute Gasteiger partial charge is 0.490 e. The Morgan fingerprint density at radius 1 is 0.867 bits per heavy atom. The van der Waals surface area contributed by atoms with E-state index in [0.29, 0.717) is 18.8 Å². The number of hydrogen-bond donors (Lipinski definition) is 0. The van der Waals surface area contributed by atoms with Crippen LogP contribution >= 0.6 is 0 Å². The van der Waals surface area contributed by atoms with Crippen LogP contribution in [0.5, 0.6) is 11.5 Å². The molecule has 5 heteroatoms. The first-order chi connectivity index (χ1) is 14.6. The molecule has 3 aromatic rings. The summed E-state index contributed by atoms with van der Waals surface area (Å²) in [6.45, 7) is 4.44. The molecule has 5 nitrogen and oxygen atoms in total. The van der Waals surface area contributed by atoms with Crippen LogP contribution in [0.4, 0.5) is 0 Å². The van der Waals surface area contributed by atoms with Crippen LogP contribution in [-0.2, 0) is 16.1 Å². The van der Waals surface area contributed by atoms with E-state index in [-0.39, 0.29) is 12.6 Å². The summed E-state index contributed by atoms with van der Waals surface area (Å²) in [6, 6.07) is 21.0. The minimum atomic E-state index is -0.314. The number of carbonyl (C=O) groups excluding carboxylic acids is 2. The number of rotatable bonds is 9. The van der Waals surface area contributed by atoms with E-state index in [1.165, 1.54) is 6.92 Å². The topological polar surface area (TPSA) is 61.8 Å². The van der Waals surface area contributed by atoms with Crippen LogP contribution in [-0.4, -0.2) is 25.5 Å². The molecule has 0 amide bonds. The number of benzene rings is 3. The fourth-order valence-electron chi connectivity index (χ4n) is 3.03. The van der Waals surface area contributed by atoms with Crippen molar-refractivity contribution >= 4 is 12.3 Å². The van der Waals surface area contributed by atoms with Crippen molar-refractivity contribution < 1.29 is 23.8 Å². The molecule has 3 aromatic carbocycles. The molecule has 0 radical (unpaired) electrons. The summed E-state index contributed by atoms with van der Waals surface area (Å²) in [4.78, 5) is 21.5. The van der Waals surface area contributed by atoms with Gasteiger partial charge in [0.2, 0.25) is 0 Å². The summed E-state index contributed by atoms with van der Waals surface area (Å²) in [5.74, 6) is 1.13. The molecule has 0 aromatic heterocycles. The maximum atomic E-state index is 10.8. The SMILES string of the molecule is CC(=O)OCCOc1ccc(-c2cccc(COc3ccc(C=O)cc3)c2C)cc1. The van der Waals surface area contributed by atoms with Gasteiger partial charge in [0.15, 0.2) is 0 Å².